The Morgan fingerprint density at radius 3 is 2.56 bits per heavy atom. The van der Waals surface area contributed by atoms with Crippen LogP contribution in [0.5, 0.6) is 0 Å². The first-order valence-corrected chi connectivity index (χ1v) is 6.08. The van der Waals surface area contributed by atoms with Crippen LogP contribution in [0.4, 0.5) is 5.82 Å². The van der Waals surface area contributed by atoms with Crippen LogP contribution >= 0.6 is 0 Å². The molecule has 96 valence electrons. The van der Waals surface area contributed by atoms with E-state index in [1.54, 1.807) is 12.1 Å². The summed E-state index contributed by atoms with van der Waals surface area (Å²) in [6, 6.07) is 3.81. The quantitative estimate of drug-likeness (QED) is 0.868. The molecular formula is C13H17N3O2. The van der Waals surface area contributed by atoms with Crippen molar-refractivity contribution in [3.8, 4) is 0 Å². The molecule has 2 N–H and O–H groups in total. The highest BCUT2D eigenvalue weighted by Crippen LogP contribution is 2.23. The number of ketones is 1. The van der Waals surface area contributed by atoms with Gasteiger partial charge in [-0.1, -0.05) is 0 Å². The van der Waals surface area contributed by atoms with E-state index in [4.69, 9.17) is 5.73 Å². The number of pyridine rings is 1. The lowest BCUT2D eigenvalue weighted by Gasteiger charge is -2.31. The number of anilines is 1. The molecule has 1 fully saturated rings. The summed E-state index contributed by atoms with van der Waals surface area (Å²) in [5, 5.41) is 0. The number of Topliss-reactive ketones (excluding diaryl/α,β-unsaturated/α-hetero) is 1. The minimum atomic E-state index is -0.472. The number of rotatable bonds is 3. The highest BCUT2D eigenvalue weighted by molar-refractivity contribution is 5.92. The predicted octanol–water partition coefficient (Wildman–Crippen LogP) is 1.13. The van der Waals surface area contributed by atoms with E-state index in [9.17, 15) is 9.59 Å². The van der Waals surface area contributed by atoms with E-state index in [-0.39, 0.29) is 0 Å². The van der Waals surface area contributed by atoms with Crippen LogP contribution in [0, 0.1) is 0 Å². The number of hydrogen-bond donors (Lipinski definition) is 1. The van der Waals surface area contributed by atoms with Crippen LogP contribution in [0.15, 0.2) is 18.3 Å². The van der Waals surface area contributed by atoms with E-state index < -0.39 is 5.91 Å². The van der Waals surface area contributed by atoms with Crippen LogP contribution < -0.4 is 10.6 Å². The van der Waals surface area contributed by atoms with Gasteiger partial charge in [0.25, 0.3) is 0 Å². The van der Waals surface area contributed by atoms with Crippen molar-refractivity contribution in [2.24, 2.45) is 5.73 Å². The summed E-state index contributed by atoms with van der Waals surface area (Å²) in [5.74, 6) is 0.677. The van der Waals surface area contributed by atoms with E-state index in [0.29, 0.717) is 30.2 Å². The Balaban J connectivity index is 2.06. The van der Waals surface area contributed by atoms with Crippen LogP contribution in [0.3, 0.4) is 0 Å². The highest BCUT2D eigenvalue weighted by atomic mass is 16.1. The fraction of sp³-hybridized carbons (Fsp3) is 0.462. The molecule has 1 saturated carbocycles. The van der Waals surface area contributed by atoms with E-state index in [1.807, 2.05) is 7.05 Å². The second kappa shape index (κ2) is 5.16. The topological polar surface area (TPSA) is 76.3 Å². The lowest BCUT2D eigenvalue weighted by atomic mass is 9.93. The van der Waals surface area contributed by atoms with Crippen molar-refractivity contribution in [2.45, 2.75) is 31.7 Å². The number of amides is 1. The Labute approximate surface area is 106 Å². The third kappa shape index (κ3) is 2.67. The van der Waals surface area contributed by atoms with Gasteiger partial charge < -0.3 is 10.6 Å². The van der Waals surface area contributed by atoms with E-state index in [0.717, 1.165) is 18.7 Å². The Hall–Kier alpha value is -1.91. The number of carbonyl (C=O) groups excluding carboxylic acids is 2. The average molecular weight is 247 g/mol. The van der Waals surface area contributed by atoms with Crippen LogP contribution in [0.25, 0.3) is 0 Å². The fourth-order valence-corrected chi connectivity index (χ4v) is 2.24. The minimum absolute atomic E-state index is 0.342. The first-order valence-electron chi connectivity index (χ1n) is 6.08. The maximum atomic E-state index is 11.2. The molecule has 0 saturated heterocycles. The van der Waals surface area contributed by atoms with Gasteiger partial charge in [-0.05, 0) is 25.0 Å². The zero-order chi connectivity index (χ0) is 13.1. The summed E-state index contributed by atoms with van der Waals surface area (Å²) in [4.78, 5) is 28.5. The summed E-state index contributed by atoms with van der Waals surface area (Å²) in [6.07, 6.45) is 4.52. The van der Waals surface area contributed by atoms with Gasteiger partial charge in [-0.15, -0.1) is 0 Å². The van der Waals surface area contributed by atoms with Crippen molar-refractivity contribution in [2.75, 3.05) is 11.9 Å². The summed E-state index contributed by atoms with van der Waals surface area (Å²) < 4.78 is 0. The predicted molar refractivity (Wildman–Crippen MR) is 68.4 cm³/mol. The Morgan fingerprint density at radius 2 is 2.06 bits per heavy atom. The summed E-state index contributed by atoms with van der Waals surface area (Å²) in [7, 11) is 1.97. The van der Waals surface area contributed by atoms with Crippen molar-refractivity contribution >= 4 is 17.5 Å². The van der Waals surface area contributed by atoms with Gasteiger partial charge in [-0.3, -0.25) is 9.59 Å². The molecule has 0 atom stereocenters. The first-order chi connectivity index (χ1) is 8.58. The second-order valence-corrected chi connectivity index (χ2v) is 4.65. The summed E-state index contributed by atoms with van der Waals surface area (Å²) >= 11 is 0. The average Bonchev–Trinajstić information content (AvgIpc) is 2.39. The number of aromatic nitrogens is 1. The number of nitrogens with zero attached hydrogens (tertiary/aromatic N) is 2. The lowest BCUT2D eigenvalue weighted by molar-refractivity contribution is -0.120. The van der Waals surface area contributed by atoms with Gasteiger partial charge >= 0.3 is 0 Å². The number of nitrogens with two attached hydrogens (primary N) is 1. The molecule has 18 heavy (non-hydrogen) atoms. The molecule has 0 spiro atoms. The number of carbonyl (C=O) groups is 2. The van der Waals surface area contributed by atoms with Gasteiger partial charge in [0.05, 0.1) is 5.56 Å². The normalized spacial score (nSPS) is 16.6. The molecule has 1 amide bonds. The molecule has 5 nitrogen and oxygen atoms in total. The Bertz CT molecular complexity index is 446. The van der Waals surface area contributed by atoms with Gasteiger partial charge in [0, 0.05) is 32.1 Å². The van der Waals surface area contributed by atoms with Crippen LogP contribution in [-0.4, -0.2) is 29.8 Å². The molecule has 0 aromatic carbocycles. The van der Waals surface area contributed by atoms with Crippen LogP contribution in [0.1, 0.15) is 36.0 Å². The third-order valence-corrected chi connectivity index (χ3v) is 3.45. The molecule has 0 bridgehead atoms. The maximum absolute atomic E-state index is 11.2. The SMILES string of the molecule is CN(c1ccc(C(N)=O)cn1)C1CCC(=O)CC1. The van der Waals surface area contributed by atoms with Crippen molar-refractivity contribution in [3.05, 3.63) is 23.9 Å². The van der Waals surface area contributed by atoms with Crippen molar-refractivity contribution < 1.29 is 9.59 Å². The van der Waals surface area contributed by atoms with E-state index in [1.165, 1.54) is 6.20 Å². The zero-order valence-electron chi connectivity index (χ0n) is 10.4. The van der Waals surface area contributed by atoms with Gasteiger partial charge in [0.1, 0.15) is 11.6 Å². The molecular weight excluding hydrogens is 230 g/mol. The summed E-state index contributed by atoms with van der Waals surface area (Å²) in [6.45, 7) is 0. The molecule has 1 aromatic rings. The Kier molecular flexibility index (Phi) is 3.60. The smallest absolute Gasteiger partial charge is 0.250 e. The second-order valence-electron chi connectivity index (χ2n) is 4.65. The highest BCUT2D eigenvalue weighted by Gasteiger charge is 2.22. The van der Waals surface area contributed by atoms with Gasteiger partial charge in [0.2, 0.25) is 5.91 Å². The number of hydrogen-bond acceptors (Lipinski definition) is 4. The first kappa shape index (κ1) is 12.5. The van der Waals surface area contributed by atoms with Crippen molar-refractivity contribution in [1.82, 2.24) is 4.98 Å². The van der Waals surface area contributed by atoms with Crippen LogP contribution in [-0.2, 0) is 4.79 Å². The number of primary amides is 1. The zero-order valence-corrected chi connectivity index (χ0v) is 10.4. The summed E-state index contributed by atoms with van der Waals surface area (Å²) in [5.41, 5.74) is 5.58. The fourth-order valence-electron chi connectivity index (χ4n) is 2.24. The molecule has 1 aromatic heterocycles. The molecule has 0 aliphatic heterocycles. The minimum Gasteiger partial charge on any atom is -0.366 e. The molecule has 0 radical (unpaired) electrons. The molecule has 1 heterocycles. The standard InChI is InChI=1S/C13H17N3O2/c1-16(10-3-5-11(17)6-4-10)12-7-2-9(8-15-12)13(14)18/h2,7-8,10H,3-6H2,1H3,(H2,14,18). The monoisotopic (exact) mass is 247 g/mol. The molecule has 5 heteroatoms. The van der Waals surface area contributed by atoms with Gasteiger partial charge in [-0.2, -0.15) is 0 Å². The molecule has 1 aliphatic carbocycles. The largest absolute Gasteiger partial charge is 0.366 e. The Morgan fingerprint density at radius 1 is 1.39 bits per heavy atom. The van der Waals surface area contributed by atoms with E-state index >= 15 is 0 Å². The van der Waals surface area contributed by atoms with Gasteiger partial charge in [-0.25, -0.2) is 4.98 Å². The van der Waals surface area contributed by atoms with Crippen molar-refractivity contribution in [3.63, 3.8) is 0 Å². The third-order valence-electron chi connectivity index (χ3n) is 3.45. The molecule has 2 rings (SSSR count). The van der Waals surface area contributed by atoms with Crippen molar-refractivity contribution in [1.29, 1.82) is 0 Å². The maximum Gasteiger partial charge on any atom is 0.250 e. The van der Waals surface area contributed by atoms with Crippen LogP contribution in [0.2, 0.25) is 0 Å². The van der Waals surface area contributed by atoms with Gasteiger partial charge in [0.15, 0.2) is 0 Å². The molecule has 1 aliphatic rings. The lowest BCUT2D eigenvalue weighted by Crippen LogP contribution is -2.35. The van der Waals surface area contributed by atoms with E-state index in [2.05, 4.69) is 9.88 Å². The molecule has 0 unspecified atom stereocenters.